The summed E-state index contributed by atoms with van der Waals surface area (Å²) in [6.45, 7) is 3.26. The molecule has 1 saturated heterocycles. The van der Waals surface area contributed by atoms with Crippen LogP contribution in [-0.4, -0.2) is 39.6 Å². The van der Waals surface area contributed by atoms with E-state index in [4.69, 9.17) is 5.10 Å². The second-order valence-corrected chi connectivity index (χ2v) is 9.71. The molecule has 4 aromatic rings. The van der Waals surface area contributed by atoms with Gasteiger partial charge in [-0.05, 0) is 80.8 Å². The number of hydrogen-bond acceptors (Lipinski definition) is 4. The number of Topliss-reactive ketones (excluding diaryl/α,β-unsaturated/α-hetero) is 1. The van der Waals surface area contributed by atoms with Gasteiger partial charge in [0.1, 0.15) is 11.6 Å². The summed E-state index contributed by atoms with van der Waals surface area (Å²) in [5.74, 6) is -0.698. The summed E-state index contributed by atoms with van der Waals surface area (Å²) in [6, 6.07) is 19.0. The minimum Gasteiger partial charge on any atom is -0.293 e. The molecule has 1 fully saturated rings. The van der Waals surface area contributed by atoms with Gasteiger partial charge in [0.2, 0.25) is 0 Å². The minimum absolute atomic E-state index is 0.0407. The fourth-order valence-corrected chi connectivity index (χ4v) is 5.20. The van der Waals surface area contributed by atoms with Crippen LogP contribution in [0, 0.1) is 11.6 Å². The molecule has 0 radical (unpaired) electrons. The maximum Gasteiger partial charge on any atom is 0.274 e. The van der Waals surface area contributed by atoms with Gasteiger partial charge in [-0.15, -0.1) is 0 Å². The Morgan fingerprint density at radius 2 is 1.57 bits per heavy atom. The molecule has 2 unspecified atom stereocenters. The maximum atomic E-state index is 13.5. The lowest BCUT2D eigenvalue weighted by Crippen LogP contribution is -2.40. The summed E-state index contributed by atoms with van der Waals surface area (Å²) in [5.41, 5.74) is 2.08. The van der Waals surface area contributed by atoms with Gasteiger partial charge in [0.15, 0.2) is 5.78 Å². The predicted octanol–water partition coefficient (Wildman–Crippen LogP) is 5.56. The van der Waals surface area contributed by atoms with Crippen molar-refractivity contribution in [2.24, 2.45) is 0 Å². The summed E-state index contributed by atoms with van der Waals surface area (Å²) < 4.78 is 28.3. The molecule has 0 N–H and O–H groups in total. The average molecular weight is 502 g/mol. The molecular formula is C30H29F2N3O2. The van der Waals surface area contributed by atoms with Crippen molar-refractivity contribution in [3.05, 3.63) is 112 Å². The number of ketones is 1. The first kappa shape index (κ1) is 25.0. The van der Waals surface area contributed by atoms with Crippen LogP contribution >= 0.6 is 0 Å². The number of fused-ring (bicyclic) bond motifs is 1. The topological polar surface area (TPSA) is 55.2 Å². The summed E-state index contributed by atoms with van der Waals surface area (Å²) in [6.07, 6.45) is 2.76. The van der Waals surface area contributed by atoms with Crippen LogP contribution in [0.25, 0.3) is 10.8 Å². The highest BCUT2D eigenvalue weighted by Gasteiger charge is 2.27. The van der Waals surface area contributed by atoms with Crippen molar-refractivity contribution in [3.63, 3.8) is 0 Å². The van der Waals surface area contributed by atoms with E-state index in [1.54, 1.807) is 16.8 Å². The van der Waals surface area contributed by atoms with Crippen LogP contribution in [0.15, 0.2) is 77.6 Å². The van der Waals surface area contributed by atoms with E-state index in [-0.39, 0.29) is 35.1 Å². The van der Waals surface area contributed by atoms with Gasteiger partial charge in [-0.1, -0.05) is 30.3 Å². The second-order valence-electron chi connectivity index (χ2n) is 9.71. The van der Waals surface area contributed by atoms with Gasteiger partial charge in [-0.25, -0.2) is 13.5 Å². The molecule has 3 aromatic carbocycles. The number of hydrogen-bond donors (Lipinski definition) is 0. The summed E-state index contributed by atoms with van der Waals surface area (Å²) in [5, 5.41) is 6.26. The molecule has 5 rings (SSSR count). The fourth-order valence-electron chi connectivity index (χ4n) is 5.20. The number of benzene rings is 3. The Hall–Kier alpha value is -3.71. The molecule has 0 aliphatic carbocycles. The number of carbonyl (C=O) groups excluding carboxylic acids is 1. The third kappa shape index (κ3) is 5.37. The molecule has 5 nitrogen and oxygen atoms in total. The van der Waals surface area contributed by atoms with E-state index in [0.29, 0.717) is 30.3 Å². The summed E-state index contributed by atoms with van der Waals surface area (Å²) in [7, 11) is 0. The first-order valence-corrected chi connectivity index (χ1v) is 12.7. The van der Waals surface area contributed by atoms with Crippen LogP contribution in [-0.2, 0) is 6.42 Å². The van der Waals surface area contributed by atoms with Crippen molar-refractivity contribution in [3.8, 4) is 0 Å². The van der Waals surface area contributed by atoms with Crippen LogP contribution in [0.3, 0.4) is 0 Å². The van der Waals surface area contributed by atoms with Crippen LogP contribution in [0.5, 0.6) is 0 Å². The van der Waals surface area contributed by atoms with Gasteiger partial charge < -0.3 is 0 Å². The maximum absolute atomic E-state index is 13.5. The molecule has 37 heavy (non-hydrogen) atoms. The van der Waals surface area contributed by atoms with Crippen LogP contribution in [0.1, 0.15) is 53.8 Å². The van der Waals surface area contributed by atoms with Crippen molar-refractivity contribution in [2.45, 2.75) is 44.7 Å². The van der Waals surface area contributed by atoms with Crippen LogP contribution < -0.4 is 5.56 Å². The number of aromatic nitrogens is 2. The minimum atomic E-state index is -0.367. The van der Waals surface area contributed by atoms with Gasteiger partial charge in [0.25, 0.3) is 5.56 Å². The largest absolute Gasteiger partial charge is 0.293 e. The number of halogens is 2. The zero-order chi connectivity index (χ0) is 25.9. The van der Waals surface area contributed by atoms with Gasteiger partial charge in [0, 0.05) is 23.9 Å². The van der Waals surface area contributed by atoms with Crippen molar-refractivity contribution in [1.29, 1.82) is 0 Å². The van der Waals surface area contributed by atoms with Gasteiger partial charge >= 0.3 is 0 Å². The molecule has 1 aliphatic rings. The molecule has 2 atom stereocenters. The number of carbonyl (C=O) groups is 1. The van der Waals surface area contributed by atoms with Gasteiger partial charge in [-0.3, -0.25) is 14.5 Å². The standard InChI is InChI=1S/C30H29F2N3O2/c1-20(29(36)22-10-14-24(32)15-11-22)34-17-4-5-25(16-18-34)35-30(37)27-7-3-2-6-26(27)28(33-35)19-21-8-12-23(31)13-9-21/h2-3,6-15,20,25H,4-5,16-19H2,1H3. The Kier molecular flexibility index (Phi) is 7.24. The van der Waals surface area contributed by atoms with Gasteiger partial charge in [-0.2, -0.15) is 5.10 Å². The molecule has 0 spiro atoms. The highest BCUT2D eigenvalue weighted by molar-refractivity contribution is 5.99. The second kappa shape index (κ2) is 10.7. The quantitative estimate of drug-likeness (QED) is 0.325. The number of rotatable bonds is 6. The SMILES string of the molecule is CC(C(=O)c1ccc(F)cc1)N1CCCC(n2nc(Cc3ccc(F)cc3)c3ccccc3c2=O)CC1. The lowest BCUT2D eigenvalue weighted by molar-refractivity contribution is 0.0841. The van der Waals surface area contributed by atoms with Gasteiger partial charge in [0.05, 0.1) is 23.2 Å². The number of nitrogens with zero attached hydrogens (tertiary/aromatic N) is 3. The Labute approximate surface area is 214 Å². The Bertz CT molecular complexity index is 1470. The van der Waals surface area contributed by atoms with E-state index in [2.05, 4.69) is 4.90 Å². The van der Waals surface area contributed by atoms with E-state index in [0.717, 1.165) is 36.0 Å². The van der Waals surface area contributed by atoms with E-state index >= 15 is 0 Å². The Morgan fingerprint density at radius 3 is 2.27 bits per heavy atom. The Morgan fingerprint density at radius 1 is 0.919 bits per heavy atom. The monoisotopic (exact) mass is 501 g/mol. The predicted molar refractivity (Wildman–Crippen MR) is 140 cm³/mol. The van der Waals surface area contributed by atoms with Crippen LogP contribution in [0.2, 0.25) is 0 Å². The lowest BCUT2D eigenvalue weighted by Gasteiger charge is -2.26. The van der Waals surface area contributed by atoms with E-state index in [1.807, 2.05) is 31.2 Å². The molecule has 7 heteroatoms. The zero-order valence-corrected chi connectivity index (χ0v) is 20.7. The highest BCUT2D eigenvalue weighted by Crippen LogP contribution is 2.25. The van der Waals surface area contributed by atoms with E-state index < -0.39 is 0 Å². The molecule has 1 aliphatic heterocycles. The molecule has 0 amide bonds. The van der Waals surface area contributed by atoms with E-state index in [1.165, 1.54) is 36.4 Å². The smallest absolute Gasteiger partial charge is 0.274 e. The third-order valence-electron chi connectivity index (χ3n) is 7.32. The normalized spacial score (nSPS) is 17.4. The fraction of sp³-hybridized carbons (Fsp3) is 0.300. The molecule has 2 heterocycles. The average Bonchev–Trinajstić information content (AvgIpc) is 3.17. The third-order valence-corrected chi connectivity index (χ3v) is 7.32. The number of likely N-dealkylation sites (tertiary alicyclic amines) is 1. The molecular weight excluding hydrogens is 472 g/mol. The lowest BCUT2D eigenvalue weighted by atomic mass is 10.0. The van der Waals surface area contributed by atoms with E-state index in [9.17, 15) is 18.4 Å². The summed E-state index contributed by atoms with van der Waals surface area (Å²) >= 11 is 0. The van der Waals surface area contributed by atoms with Crippen molar-refractivity contribution >= 4 is 16.6 Å². The van der Waals surface area contributed by atoms with Crippen molar-refractivity contribution < 1.29 is 13.6 Å². The molecule has 1 aromatic heterocycles. The summed E-state index contributed by atoms with van der Waals surface area (Å²) in [4.78, 5) is 28.6. The van der Waals surface area contributed by atoms with Crippen LogP contribution in [0.4, 0.5) is 8.78 Å². The van der Waals surface area contributed by atoms with Crippen molar-refractivity contribution in [1.82, 2.24) is 14.7 Å². The highest BCUT2D eigenvalue weighted by atomic mass is 19.1. The first-order chi connectivity index (χ1) is 17.9. The Balaban J connectivity index is 1.39. The molecule has 0 saturated carbocycles. The van der Waals surface area contributed by atoms with Crippen molar-refractivity contribution in [2.75, 3.05) is 13.1 Å². The molecule has 190 valence electrons. The first-order valence-electron chi connectivity index (χ1n) is 12.7. The zero-order valence-electron chi connectivity index (χ0n) is 20.7. The molecule has 0 bridgehead atoms.